The van der Waals surface area contributed by atoms with Gasteiger partial charge in [-0.1, -0.05) is 0 Å². The molecule has 1 aromatic heterocycles. The van der Waals surface area contributed by atoms with Crippen LogP contribution in [-0.2, 0) is 6.18 Å². The summed E-state index contributed by atoms with van der Waals surface area (Å²) < 4.78 is 76.4. The first-order chi connectivity index (χ1) is 9.91. The highest BCUT2D eigenvalue weighted by atomic mass is 19.4. The van der Waals surface area contributed by atoms with E-state index < -0.39 is 46.0 Å². The van der Waals surface area contributed by atoms with Crippen molar-refractivity contribution in [1.82, 2.24) is 9.97 Å². The van der Waals surface area contributed by atoms with Gasteiger partial charge in [0.1, 0.15) is 5.82 Å². The topological polar surface area (TPSA) is 66.0 Å². The number of hydrogen-bond acceptors (Lipinski definition) is 3. The first kappa shape index (κ1) is 16.3. The van der Waals surface area contributed by atoms with Crippen molar-refractivity contribution in [3.05, 3.63) is 39.4 Å². The molecule has 0 fully saturated rings. The third-order valence-corrected chi connectivity index (χ3v) is 2.91. The summed E-state index contributed by atoms with van der Waals surface area (Å²) in [6, 6.07) is 0.684. The molecule has 0 unspecified atom stereocenters. The van der Waals surface area contributed by atoms with Crippen molar-refractivity contribution in [2.75, 3.05) is 0 Å². The van der Waals surface area contributed by atoms with Crippen LogP contribution in [0.25, 0.3) is 10.9 Å². The lowest BCUT2D eigenvalue weighted by Crippen LogP contribution is -2.24. The van der Waals surface area contributed by atoms with Gasteiger partial charge in [0.15, 0.2) is 6.10 Å². The highest BCUT2D eigenvalue weighted by Gasteiger charge is 2.45. The lowest BCUT2D eigenvalue weighted by molar-refractivity contribution is -0.209. The zero-order valence-electron chi connectivity index (χ0n) is 10.8. The summed E-state index contributed by atoms with van der Waals surface area (Å²) in [6.45, 7) is 1.31. The van der Waals surface area contributed by atoms with Crippen molar-refractivity contribution < 1.29 is 31.4 Å². The monoisotopic (exact) mass is 326 g/mol. The molecule has 2 aromatic rings. The lowest BCUT2D eigenvalue weighted by atomic mass is 9.99. The fourth-order valence-corrected chi connectivity index (χ4v) is 1.97. The van der Waals surface area contributed by atoms with E-state index in [-0.39, 0.29) is 5.82 Å². The van der Waals surface area contributed by atoms with Gasteiger partial charge >= 0.3 is 12.4 Å². The second-order valence-electron chi connectivity index (χ2n) is 4.55. The van der Waals surface area contributed by atoms with Crippen LogP contribution in [0.3, 0.4) is 0 Å². The van der Waals surface area contributed by atoms with E-state index >= 15 is 0 Å². The summed E-state index contributed by atoms with van der Waals surface area (Å²) in [5.74, 6) is 0.00902. The molecule has 10 heteroatoms. The van der Waals surface area contributed by atoms with Crippen molar-refractivity contribution in [2.24, 2.45) is 0 Å². The molecule has 0 amide bonds. The minimum atomic E-state index is -5.31. The van der Waals surface area contributed by atoms with E-state index in [1.807, 2.05) is 0 Å². The van der Waals surface area contributed by atoms with Crippen LogP contribution in [0.1, 0.15) is 23.1 Å². The van der Waals surface area contributed by atoms with Crippen LogP contribution in [0.5, 0.6) is 0 Å². The number of aryl methyl sites for hydroxylation is 1. The SMILES string of the molecule is Cc1nc2cc(C(F)(F)F)c([C@@H](O)C(F)(F)F)cc2c(=O)[nH]1. The number of aliphatic hydroxyl groups excluding tert-OH is 1. The van der Waals surface area contributed by atoms with E-state index in [9.17, 15) is 31.1 Å². The maximum absolute atomic E-state index is 12.9. The third-order valence-electron chi connectivity index (χ3n) is 2.91. The summed E-state index contributed by atoms with van der Waals surface area (Å²) in [5.41, 5.74) is -4.44. The molecule has 4 nitrogen and oxygen atoms in total. The van der Waals surface area contributed by atoms with Gasteiger partial charge in [0.25, 0.3) is 5.56 Å². The number of hydrogen-bond donors (Lipinski definition) is 2. The van der Waals surface area contributed by atoms with E-state index in [1.54, 1.807) is 0 Å². The van der Waals surface area contributed by atoms with Crippen molar-refractivity contribution >= 4 is 10.9 Å². The summed E-state index contributed by atoms with van der Waals surface area (Å²) in [5, 5.41) is 8.67. The summed E-state index contributed by atoms with van der Waals surface area (Å²) in [6.07, 6.45) is -13.8. The van der Waals surface area contributed by atoms with Crippen LogP contribution in [0, 0.1) is 6.92 Å². The van der Waals surface area contributed by atoms with E-state index in [2.05, 4.69) is 9.97 Å². The van der Waals surface area contributed by atoms with Gasteiger partial charge in [-0.3, -0.25) is 4.79 Å². The molecule has 1 heterocycles. The van der Waals surface area contributed by atoms with Crippen molar-refractivity contribution in [2.45, 2.75) is 25.4 Å². The smallest absolute Gasteiger partial charge is 0.379 e. The largest absolute Gasteiger partial charge is 0.418 e. The molecule has 0 spiro atoms. The molecular formula is C12H8F6N2O2. The maximum atomic E-state index is 12.9. The maximum Gasteiger partial charge on any atom is 0.418 e. The number of nitrogens with zero attached hydrogens (tertiary/aromatic N) is 1. The molecular weight excluding hydrogens is 318 g/mol. The number of aromatic nitrogens is 2. The van der Waals surface area contributed by atoms with Crippen LogP contribution in [0.2, 0.25) is 0 Å². The molecule has 0 bridgehead atoms. The van der Waals surface area contributed by atoms with Gasteiger partial charge in [-0.2, -0.15) is 26.3 Å². The fourth-order valence-electron chi connectivity index (χ4n) is 1.97. The summed E-state index contributed by atoms with van der Waals surface area (Å²) in [7, 11) is 0. The average molecular weight is 326 g/mol. The van der Waals surface area contributed by atoms with Gasteiger partial charge in [-0.25, -0.2) is 4.98 Å². The zero-order valence-corrected chi connectivity index (χ0v) is 10.8. The number of H-pyrrole nitrogens is 1. The molecule has 0 saturated carbocycles. The highest BCUT2D eigenvalue weighted by molar-refractivity contribution is 5.79. The van der Waals surface area contributed by atoms with Gasteiger partial charge in [0, 0.05) is 5.56 Å². The van der Waals surface area contributed by atoms with Crippen LogP contribution in [0.4, 0.5) is 26.3 Å². The van der Waals surface area contributed by atoms with Crippen LogP contribution >= 0.6 is 0 Å². The fraction of sp³-hybridized carbons (Fsp3) is 0.333. The number of nitrogens with one attached hydrogen (secondary N) is 1. The van der Waals surface area contributed by atoms with Crippen LogP contribution in [0.15, 0.2) is 16.9 Å². The van der Waals surface area contributed by atoms with Gasteiger partial charge in [0.2, 0.25) is 0 Å². The molecule has 120 valence electrons. The molecule has 0 aliphatic carbocycles. The van der Waals surface area contributed by atoms with Gasteiger partial charge < -0.3 is 10.1 Å². The first-order valence-corrected chi connectivity index (χ1v) is 5.78. The van der Waals surface area contributed by atoms with Gasteiger partial charge in [-0.05, 0) is 19.1 Å². The quantitative estimate of drug-likeness (QED) is 0.792. The number of halogens is 6. The van der Waals surface area contributed by atoms with Crippen LogP contribution in [-0.4, -0.2) is 21.3 Å². The minimum absolute atomic E-state index is 0.00902. The second-order valence-corrected chi connectivity index (χ2v) is 4.55. The lowest BCUT2D eigenvalue weighted by Gasteiger charge is -2.20. The first-order valence-electron chi connectivity index (χ1n) is 5.78. The Morgan fingerprint density at radius 3 is 2.27 bits per heavy atom. The number of aliphatic hydroxyl groups is 1. The predicted molar refractivity (Wildman–Crippen MR) is 63.1 cm³/mol. The standard InChI is InChI=1S/C12H8F6N2O2/c1-4-19-8-3-7(11(13,14)15)5(9(21)12(16,17)18)2-6(8)10(22)20-4/h2-3,9,21H,1H3,(H,19,20,22)/t9-/m1/s1. The number of fused-ring (bicyclic) bond motifs is 1. The average Bonchev–Trinajstić information content (AvgIpc) is 2.34. The molecule has 22 heavy (non-hydrogen) atoms. The van der Waals surface area contributed by atoms with Crippen LogP contribution < -0.4 is 5.56 Å². The Hall–Kier alpha value is -2.10. The molecule has 0 radical (unpaired) electrons. The molecule has 2 N–H and O–H groups in total. The molecule has 0 saturated heterocycles. The van der Waals surface area contributed by atoms with E-state index in [4.69, 9.17) is 5.11 Å². The predicted octanol–water partition coefficient (Wildman–Crippen LogP) is 2.85. The van der Waals surface area contributed by atoms with Crippen molar-refractivity contribution in [3.8, 4) is 0 Å². The second kappa shape index (κ2) is 4.97. The molecule has 0 aliphatic rings. The number of aromatic amines is 1. The van der Waals surface area contributed by atoms with E-state index in [0.717, 1.165) is 0 Å². The Balaban J connectivity index is 2.86. The number of rotatable bonds is 1. The van der Waals surface area contributed by atoms with Crippen molar-refractivity contribution in [1.29, 1.82) is 0 Å². The number of alkyl halides is 6. The normalized spacial score (nSPS) is 14.4. The summed E-state index contributed by atoms with van der Waals surface area (Å²) in [4.78, 5) is 17.5. The highest BCUT2D eigenvalue weighted by Crippen LogP contribution is 2.41. The Morgan fingerprint density at radius 2 is 1.77 bits per heavy atom. The Labute approximate surface area is 118 Å². The minimum Gasteiger partial charge on any atom is -0.379 e. The van der Waals surface area contributed by atoms with E-state index in [0.29, 0.717) is 12.1 Å². The van der Waals surface area contributed by atoms with E-state index in [1.165, 1.54) is 6.92 Å². The van der Waals surface area contributed by atoms with Gasteiger partial charge in [-0.15, -0.1) is 0 Å². The van der Waals surface area contributed by atoms with Gasteiger partial charge in [0.05, 0.1) is 16.5 Å². The summed E-state index contributed by atoms with van der Waals surface area (Å²) >= 11 is 0. The molecule has 0 aliphatic heterocycles. The molecule has 1 aromatic carbocycles. The number of benzene rings is 1. The molecule has 2 rings (SSSR count). The Kier molecular flexibility index (Phi) is 3.68. The zero-order chi connectivity index (χ0) is 16.9. The molecule has 1 atom stereocenters. The third kappa shape index (κ3) is 2.91. The van der Waals surface area contributed by atoms with Crippen molar-refractivity contribution in [3.63, 3.8) is 0 Å². The Bertz CT molecular complexity index is 778. The Morgan fingerprint density at radius 1 is 1.18 bits per heavy atom.